The highest BCUT2D eigenvalue weighted by Crippen LogP contribution is 2.41. The van der Waals surface area contributed by atoms with Crippen molar-refractivity contribution in [3.05, 3.63) is 12.7 Å². The zero-order valence-electron chi connectivity index (χ0n) is 10.8. The zero-order valence-corrected chi connectivity index (χ0v) is 11.5. The van der Waals surface area contributed by atoms with Crippen molar-refractivity contribution in [3.63, 3.8) is 0 Å². The molecule has 2 aromatic rings. The topological polar surface area (TPSA) is 119 Å². The number of aliphatic hydroxyl groups is 2. The van der Waals surface area contributed by atoms with Crippen molar-refractivity contribution < 1.29 is 19.3 Å². The van der Waals surface area contributed by atoms with E-state index in [2.05, 4.69) is 15.0 Å². The Morgan fingerprint density at radius 3 is 2.90 bits per heavy atom. The SMILES string of the molecule is Nc1ncnc2c1ncn2[C@@]1(F)CO[C@@](CO)(CCl)[C@H]1O. The maximum absolute atomic E-state index is 15.3. The summed E-state index contributed by atoms with van der Waals surface area (Å²) in [4.78, 5) is 11.6. The van der Waals surface area contributed by atoms with E-state index >= 15 is 4.39 Å². The molecule has 1 aliphatic heterocycles. The fourth-order valence-corrected chi connectivity index (χ4v) is 2.73. The van der Waals surface area contributed by atoms with E-state index in [4.69, 9.17) is 22.1 Å². The molecular formula is C11H13ClFN5O3. The first-order valence-corrected chi connectivity index (χ1v) is 6.64. The van der Waals surface area contributed by atoms with Crippen LogP contribution >= 0.6 is 11.6 Å². The lowest BCUT2D eigenvalue weighted by molar-refractivity contribution is -0.0926. The standard InChI is InChI=1S/C11H13ClFN5O3/c12-1-10(2-19)9(20)11(13,3-21-10)18-5-17-6-7(14)15-4-16-8(6)18/h4-5,9,19-20H,1-3H2,(H2,14,15,16)/t9-,10-,11+/m1/s1. The van der Waals surface area contributed by atoms with Crippen LogP contribution in [0.2, 0.25) is 0 Å². The lowest BCUT2D eigenvalue weighted by Gasteiger charge is -2.31. The number of alkyl halides is 2. The number of aromatic nitrogens is 4. The van der Waals surface area contributed by atoms with Crippen LogP contribution in [0.5, 0.6) is 0 Å². The molecule has 0 bridgehead atoms. The van der Waals surface area contributed by atoms with Crippen LogP contribution in [0, 0.1) is 0 Å². The minimum atomic E-state index is -2.37. The normalized spacial score (nSPS) is 32.9. The Hall–Kier alpha value is -1.55. The maximum atomic E-state index is 15.3. The quantitative estimate of drug-likeness (QED) is 0.646. The molecule has 1 fully saturated rings. The van der Waals surface area contributed by atoms with Crippen LogP contribution in [-0.2, 0) is 10.5 Å². The zero-order chi connectivity index (χ0) is 15.3. The summed E-state index contributed by atoms with van der Waals surface area (Å²) in [5, 5.41) is 19.7. The van der Waals surface area contributed by atoms with Gasteiger partial charge in [-0.2, -0.15) is 0 Å². The monoisotopic (exact) mass is 317 g/mol. The van der Waals surface area contributed by atoms with Crippen molar-refractivity contribution in [2.24, 2.45) is 0 Å². The van der Waals surface area contributed by atoms with Crippen molar-refractivity contribution >= 4 is 28.6 Å². The molecule has 0 saturated carbocycles. The Balaban J connectivity index is 2.12. The summed E-state index contributed by atoms with van der Waals surface area (Å²) in [5.41, 5.74) is 4.41. The number of rotatable bonds is 3. The number of anilines is 1. The van der Waals surface area contributed by atoms with Gasteiger partial charge in [-0.25, -0.2) is 19.3 Å². The molecule has 0 spiro atoms. The van der Waals surface area contributed by atoms with Gasteiger partial charge in [-0.3, -0.25) is 4.57 Å². The highest BCUT2D eigenvalue weighted by molar-refractivity contribution is 6.18. The molecule has 2 aromatic heterocycles. The predicted molar refractivity (Wildman–Crippen MR) is 71.3 cm³/mol. The van der Waals surface area contributed by atoms with Crippen LogP contribution in [0.3, 0.4) is 0 Å². The number of aliphatic hydroxyl groups excluding tert-OH is 2. The first kappa shape index (κ1) is 14.4. The van der Waals surface area contributed by atoms with E-state index in [-0.39, 0.29) is 22.9 Å². The second-order valence-corrected chi connectivity index (χ2v) is 5.18. The highest BCUT2D eigenvalue weighted by Gasteiger charge is 2.60. The molecule has 0 aliphatic carbocycles. The number of imidazole rings is 1. The van der Waals surface area contributed by atoms with E-state index in [0.29, 0.717) is 0 Å². The Morgan fingerprint density at radius 2 is 2.29 bits per heavy atom. The minimum absolute atomic E-state index is 0.0986. The van der Waals surface area contributed by atoms with E-state index in [9.17, 15) is 10.2 Å². The fourth-order valence-electron chi connectivity index (χ4n) is 2.42. The van der Waals surface area contributed by atoms with Crippen molar-refractivity contribution in [3.8, 4) is 0 Å². The van der Waals surface area contributed by atoms with Gasteiger partial charge in [0.1, 0.15) is 30.2 Å². The number of nitrogen functional groups attached to an aromatic ring is 1. The molecule has 114 valence electrons. The fraction of sp³-hybridized carbons (Fsp3) is 0.545. The van der Waals surface area contributed by atoms with E-state index in [0.717, 1.165) is 10.9 Å². The van der Waals surface area contributed by atoms with Gasteiger partial charge in [0.25, 0.3) is 0 Å². The van der Waals surface area contributed by atoms with Crippen molar-refractivity contribution in [2.45, 2.75) is 17.5 Å². The third kappa shape index (κ3) is 1.81. The maximum Gasteiger partial charge on any atom is 0.241 e. The molecule has 0 amide bonds. The van der Waals surface area contributed by atoms with E-state index < -0.39 is 30.7 Å². The Morgan fingerprint density at radius 1 is 1.52 bits per heavy atom. The summed E-state index contributed by atoms with van der Waals surface area (Å²) in [6.07, 6.45) is 0.632. The molecule has 1 saturated heterocycles. The summed E-state index contributed by atoms with van der Waals surface area (Å²) >= 11 is 5.71. The van der Waals surface area contributed by atoms with Gasteiger partial charge in [0.2, 0.25) is 5.79 Å². The van der Waals surface area contributed by atoms with E-state index in [1.54, 1.807) is 0 Å². The van der Waals surface area contributed by atoms with E-state index in [1.807, 2.05) is 0 Å². The minimum Gasteiger partial charge on any atom is -0.393 e. The number of ether oxygens (including phenoxy) is 1. The molecule has 0 unspecified atom stereocenters. The number of nitrogens with two attached hydrogens (primary N) is 1. The lowest BCUT2D eigenvalue weighted by Crippen LogP contribution is -2.52. The van der Waals surface area contributed by atoms with Crippen molar-refractivity contribution in [1.29, 1.82) is 0 Å². The van der Waals surface area contributed by atoms with Crippen LogP contribution in [-0.4, -0.2) is 60.5 Å². The number of hydrogen-bond acceptors (Lipinski definition) is 7. The molecule has 3 atom stereocenters. The second kappa shape index (κ2) is 4.73. The van der Waals surface area contributed by atoms with Crippen molar-refractivity contribution in [2.75, 3.05) is 24.8 Å². The summed E-state index contributed by atoms with van der Waals surface area (Å²) in [5.74, 6) is -2.53. The Bertz CT molecular complexity index is 679. The molecule has 3 rings (SSSR count). The Labute approximate surface area is 123 Å². The smallest absolute Gasteiger partial charge is 0.241 e. The summed E-state index contributed by atoms with van der Waals surface area (Å²) in [6, 6.07) is 0. The largest absolute Gasteiger partial charge is 0.393 e. The molecule has 8 nitrogen and oxygen atoms in total. The molecule has 0 aromatic carbocycles. The molecular weight excluding hydrogens is 305 g/mol. The van der Waals surface area contributed by atoms with Gasteiger partial charge in [-0.15, -0.1) is 11.6 Å². The number of nitrogens with zero attached hydrogens (tertiary/aromatic N) is 4. The van der Waals surface area contributed by atoms with Gasteiger partial charge in [-0.05, 0) is 0 Å². The molecule has 4 N–H and O–H groups in total. The van der Waals surface area contributed by atoms with Gasteiger partial charge < -0.3 is 20.7 Å². The van der Waals surface area contributed by atoms with Gasteiger partial charge in [-0.1, -0.05) is 0 Å². The average molecular weight is 318 g/mol. The molecule has 1 aliphatic rings. The summed E-state index contributed by atoms with van der Waals surface area (Å²) in [7, 11) is 0. The van der Waals surface area contributed by atoms with Gasteiger partial charge >= 0.3 is 0 Å². The third-order valence-electron chi connectivity index (χ3n) is 3.74. The number of fused-ring (bicyclic) bond motifs is 1. The number of halogens is 2. The van der Waals surface area contributed by atoms with Crippen LogP contribution in [0.15, 0.2) is 12.7 Å². The molecule has 21 heavy (non-hydrogen) atoms. The van der Waals surface area contributed by atoms with Crippen LogP contribution in [0.1, 0.15) is 0 Å². The lowest BCUT2D eigenvalue weighted by atomic mass is 9.95. The third-order valence-corrected chi connectivity index (χ3v) is 4.19. The van der Waals surface area contributed by atoms with Gasteiger partial charge in [0, 0.05) is 0 Å². The Kier molecular flexibility index (Phi) is 3.24. The van der Waals surface area contributed by atoms with Crippen molar-refractivity contribution in [1.82, 2.24) is 19.5 Å². The summed E-state index contributed by atoms with van der Waals surface area (Å²) < 4.78 is 21.5. The van der Waals surface area contributed by atoms with E-state index in [1.165, 1.54) is 6.33 Å². The molecule has 3 heterocycles. The first-order valence-electron chi connectivity index (χ1n) is 6.10. The highest BCUT2D eigenvalue weighted by atomic mass is 35.5. The average Bonchev–Trinajstić information content (AvgIpc) is 3.03. The predicted octanol–water partition coefficient (Wildman–Crippen LogP) is -0.608. The van der Waals surface area contributed by atoms with Gasteiger partial charge in [0.15, 0.2) is 11.5 Å². The van der Waals surface area contributed by atoms with Crippen LogP contribution < -0.4 is 5.73 Å². The summed E-state index contributed by atoms with van der Waals surface area (Å²) in [6.45, 7) is -1.12. The molecule has 0 radical (unpaired) electrons. The molecule has 10 heteroatoms. The van der Waals surface area contributed by atoms with Crippen LogP contribution in [0.4, 0.5) is 10.2 Å². The van der Waals surface area contributed by atoms with Gasteiger partial charge in [0.05, 0.1) is 18.8 Å². The second-order valence-electron chi connectivity index (χ2n) is 4.91. The van der Waals surface area contributed by atoms with Crippen LogP contribution in [0.25, 0.3) is 11.2 Å². The number of hydrogen-bond donors (Lipinski definition) is 3. The first-order chi connectivity index (χ1) is 9.98.